The number of nitrogens with one attached hydrogen (secondary N) is 1. The molecule has 1 fully saturated rings. The number of benzene rings is 3. The van der Waals surface area contributed by atoms with Crippen LogP contribution in [-0.2, 0) is 14.8 Å². The van der Waals surface area contributed by atoms with Crippen molar-refractivity contribution in [2.45, 2.75) is 45.4 Å². The van der Waals surface area contributed by atoms with E-state index in [4.69, 9.17) is 4.74 Å². The van der Waals surface area contributed by atoms with E-state index in [-0.39, 0.29) is 60.7 Å². The minimum absolute atomic E-state index is 0.0183. The van der Waals surface area contributed by atoms with Gasteiger partial charge in [0.05, 0.1) is 16.3 Å². The van der Waals surface area contributed by atoms with Crippen LogP contribution in [0.25, 0.3) is 0 Å². The van der Waals surface area contributed by atoms with Crippen LogP contribution in [0.2, 0.25) is 0 Å². The molecule has 3 aromatic rings. The molecule has 3 amide bonds. The van der Waals surface area contributed by atoms with Crippen LogP contribution < -0.4 is 15.0 Å². The minimum atomic E-state index is -3.87. The van der Waals surface area contributed by atoms with Gasteiger partial charge in [-0.3, -0.25) is 4.79 Å². The number of hydrogen-bond donors (Lipinski definition) is 1. The van der Waals surface area contributed by atoms with Gasteiger partial charge in [0.2, 0.25) is 15.9 Å². The van der Waals surface area contributed by atoms with Crippen LogP contribution in [0.5, 0.6) is 11.5 Å². The van der Waals surface area contributed by atoms with Crippen molar-refractivity contribution in [2.24, 2.45) is 0 Å². The zero-order valence-corrected chi connectivity index (χ0v) is 25.7. The Bertz CT molecular complexity index is 1630. The number of urea groups is 1. The molecule has 0 atom stereocenters. The first-order chi connectivity index (χ1) is 20.3. The van der Waals surface area contributed by atoms with Crippen molar-refractivity contribution in [2.75, 3.05) is 42.9 Å². The van der Waals surface area contributed by atoms with E-state index in [1.165, 1.54) is 33.5 Å². The number of ether oxygens (including phenoxy) is 1. The molecule has 0 radical (unpaired) electrons. The second-order valence-electron chi connectivity index (χ2n) is 10.5. The van der Waals surface area contributed by atoms with Crippen molar-refractivity contribution in [3.05, 3.63) is 77.4 Å². The first-order valence-corrected chi connectivity index (χ1v) is 15.5. The molecule has 0 aliphatic carbocycles. The highest BCUT2D eigenvalue weighted by Gasteiger charge is 2.31. The number of carbonyl (C=O) groups is 2. The Morgan fingerprint density at radius 1 is 1.00 bits per heavy atom. The summed E-state index contributed by atoms with van der Waals surface area (Å²) in [6.45, 7) is 9.64. The van der Waals surface area contributed by atoms with Crippen molar-refractivity contribution in [1.29, 1.82) is 0 Å². The van der Waals surface area contributed by atoms with Gasteiger partial charge in [-0.05, 0) is 60.4 Å². The number of amides is 3. The molecule has 9 nitrogen and oxygen atoms in total. The molecular weight excluding hydrogens is 578 g/mol. The Hall–Kier alpha value is -4.03. The molecule has 1 heterocycles. The van der Waals surface area contributed by atoms with E-state index in [2.05, 4.69) is 5.32 Å². The molecule has 0 unspecified atom stereocenters. The largest absolute Gasteiger partial charge is 0.455 e. The van der Waals surface area contributed by atoms with Gasteiger partial charge in [-0.15, -0.1) is 0 Å². The highest BCUT2D eigenvalue weighted by Crippen LogP contribution is 2.37. The maximum Gasteiger partial charge on any atom is 0.322 e. The summed E-state index contributed by atoms with van der Waals surface area (Å²) in [7, 11) is -3.87. The third kappa shape index (κ3) is 6.97. The summed E-state index contributed by atoms with van der Waals surface area (Å²) in [6, 6.07) is 12.4. The summed E-state index contributed by atoms with van der Waals surface area (Å²) in [4.78, 5) is 28.7. The number of anilines is 2. The Morgan fingerprint density at radius 3 is 2.35 bits per heavy atom. The SMILES string of the molecule is CCN(CC)S(=O)(=O)c1ccc(Oc2cc(C)ccc2C(C)C)c(NC(=O)N2CCN(c3ccc(F)cc3F)C(=O)C2)c1. The molecular formula is C31H36F2N4O5S. The third-order valence-electron chi connectivity index (χ3n) is 7.26. The first-order valence-electron chi connectivity index (χ1n) is 14.1. The Kier molecular flexibility index (Phi) is 9.71. The number of carbonyl (C=O) groups excluding carboxylic acids is 2. The van der Waals surface area contributed by atoms with Gasteiger partial charge in [0, 0.05) is 32.2 Å². The second kappa shape index (κ2) is 13.1. The number of halogens is 2. The fourth-order valence-electron chi connectivity index (χ4n) is 4.89. The summed E-state index contributed by atoms with van der Waals surface area (Å²) < 4.78 is 61.9. The standard InChI is InChI=1S/C31H36F2N4O5S/c1-6-36(7-2)43(40,41)23-10-13-28(42-29-16-21(5)8-11-24(29)20(3)4)26(18-23)34-31(39)35-14-15-37(30(38)19-35)27-12-9-22(32)17-25(27)33/h8-13,16-18,20H,6-7,14-15,19H2,1-5H3,(H,34,39). The second-order valence-corrected chi connectivity index (χ2v) is 12.5. The fraction of sp³-hybridized carbons (Fsp3) is 0.355. The van der Waals surface area contributed by atoms with E-state index >= 15 is 0 Å². The highest BCUT2D eigenvalue weighted by atomic mass is 32.2. The van der Waals surface area contributed by atoms with Gasteiger partial charge in [0.25, 0.3) is 0 Å². The molecule has 0 spiro atoms. The lowest BCUT2D eigenvalue weighted by molar-refractivity contribution is -0.120. The lowest BCUT2D eigenvalue weighted by Crippen LogP contribution is -2.53. The zero-order chi connectivity index (χ0) is 31.5. The van der Waals surface area contributed by atoms with E-state index in [1.54, 1.807) is 13.8 Å². The van der Waals surface area contributed by atoms with Crippen LogP contribution in [0.1, 0.15) is 44.7 Å². The number of nitrogens with zero attached hydrogens (tertiary/aromatic N) is 3. The molecule has 3 aromatic carbocycles. The van der Waals surface area contributed by atoms with Gasteiger partial charge in [-0.25, -0.2) is 22.0 Å². The molecule has 12 heteroatoms. The fourth-order valence-corrected chi connectivity index (χ4v) is 6.37. The molecule has 4 rings (SSSR count). The summed E-state index contributed by atoms with van der Waals surface area (Å²) in [6.07, 6.45) is 0. The van der Waals surface area contributed by atoms with Crippen molar-refractivity contribution in [3.63, 3.8) is 0 Å². The Morgan fingerprint density at radius 2 is 1.72 bits per heavy atom. The van der Waals surface area contributed by atoms with Gasteiger partial charge >= 0.3 is 6.03 Å². The predicted octanol–water partition coefficient (Wildman–Crippen LogP) is 6.10. The topological polar surface area (TPSA) is 99.3 Å². The van der Waals surface area contributed by atoms with Crippen LogP contribution in [0.3, 0.4) is 0 Å². The van der Waals surface area contributed by atoms with Crippen LogP contribution in [0.4, 0.5) is 25.0 Å². The Labute approximate surface area is 251 Å². The number of rotatable bonds is 9. The van der Waals surface area contributed by atoms with Crippen molar-refractivity contribution >= 4 is 33.3 Å². The predicted molar refractivity (Wildman–Crippen MR) is 161 cm³/mol. The Balaban J connectivity index is 1.65. The number of sulfonamides is 1. The van der Waals surface area contributed by atoms with Gasteiger partial charge in [0.15, 0.2) is 5.75 Å². The van der Waals surface area contributed by atoms with E-state index in [9.17, 15) is 26.8 Å². The van der Waals surface area contributed by atoms with Crippen LogP contribution in [-0.4, -0.2) is 62.3 Å². The van der Waals surface area contributed by atoms with E-state index in [0.29, 0.717) is 11.8 Å². The molecule has 0 bridgehead atoms. The van der Waals surface area contributed by atoms with Crippen LogP contribution in [0.15, 0.2) is 59.5 Å². The smallest absolute Gasteiger partial charge is 0.322 e. The van der Waals surface area contributed by atoms with Crippen LogP contribution >= 0.6 is 0 Å². The third-order valence-corrected chi connectivity index (χ3v) is 9.30. The summed E-state index contributed by atoms with van der Waals surface area (Å²) in [5.41, 5.74) is 1.92. The quantitative estimate of drug-likeness (QED) is 0.314. The average Bonchev–Trinajstić information content (AvgIpc) is 2.94. The minimum Gasteiger partial charge on any atom is -0.455 e. The maximum atomic E-state index is 14.3. The number of piperazine rings is 1. The van der Waals surface area contributed by atoms with Crippen molar-refractivity contribution in [3.8, 4) is 11.5 Å². The number of aryl methyl sites for hydroxylation is 1. The summed E-state index contributed by atoms with van der Waals surface area (Å²) >= 11 is 0. The molecule has 1 saturated heterocycles. The van der Waals surface area contributed by atoms with Crippen molar-refractivity contribution in [1.82, 2.24) is 9.21 Å². The normalized spacial score (nSPS) is 14.0. The lowest BCUT2D eigenvalue weighted by atomic mass is 10.0. The molecule has 43 heavy (non-hydrogen) atoms. The molecule has 1 aliphatic heterocycles. The lowest BCUT2D eigenvalue weighted by Gasteiger charge is -2.34. The van der Waals surface area contributed by atoms with Crippen molar-refractivity contribution < 1.29 is 31.5 Å². The van der Waals surface area contributed by atoms with Gasteiger partial charge < -0.3 is 19.9 Å². The van der Waals surface area contributed by atoms with E-state index in [1.807, 2.05) is 39.0 Å². The van der Waals surface area contributed by atoms with Gasteiger partial charge in [-0.2, -0.15) is 4.31 Å². The van der Waals surface area contributed by atoms with Gasteiger partial charge in [0.1, 0.15) is 23.9 Å². The van der Waals surface area contributed by atoms with Gasteiger partial charge in [-0.1, -0.05) is 39.8 Å². The first kappa shape index (κ1) is 31.9. The average molecular weight is 615 g/mol. The summed E-state index contributed by atoms with van der Waals surface area (Å²) in [5, 5.41) is 2.73. The van der Waals surface area contributed by atoms with Crippen LogP contribution in [0, 0.1) is 18.6 Å². The number of hydrogen-bond acceptors (Lipinski definition) is 5. The molecule has 1 N–H and O–H groups in total. The van der Waals surface area contributed by atoms with E-state index in [0.717, 1.165) is 22.1 Å². The molecule has 230 valence electrons. The molecule has 1 aliphatic rings. The van der Waals surface area contributed by atoms with E-state index < -0.39 is 33.6 Å². The molecule has 0 saturated carbocycles. The monoisotopic (exact) mass is 614 g/mol. The maximum absolute atomic E-state index is 14.3. The molecule has 0 aromatic heterocycles. The summed E-state index contributed by atoms with van der Waals surface area (Å²) in [5.74, 6) is -1.28. The zero-order valence-electron chi connectivity index (χ0n) is 24.9. The highest BCUT2D eigenvalue weighted by molar-refractivity contribution is 7.89.